The zero-order valence-electron chi connectivity index (χ0n) is 16.4. The van der Waals surface area contributed by atoms with Gasteiger partial charge in [-0.2, -0.15) is 5.10 Å². The number of hydrogen-bond acceptors (Lipinski definition) is 4. The molecule has 0 unspecified atom stereocenters. The fourth-order valence-electron chi connectivity index (χ4n) is 3.56. The van der Waals surface area contributed by atoms with Gasteiger partial charge in [0.05, 0.1) is 17.3 Å². The molecule has 0 spiro atoms. The van der Waals surface area contributed by atoms with Gasteiger partial charge in [0.25, 0.3) is 5.91 Å². The molecule has 0 aliphatic carbocycles. The summed E-state index contributed by atoms with van der Waals surface area (Å²) in [5.74, 6) is 0.813. The van der Waals surface area contributed by atoms with Crippen molar-refractivity contribution in [2.75, 3.05) is 25.0 Å². The molecule has 7 heteroatoms. The van der Waals surface area contributed by atoms with Crippen molar-refractivity contribution in [2.45, 2.75) is 33.4 Å². The van der Waals surface area contributed by atoms with Gasteiger partial charge in [-0.15, -0.1) is 0 Å². The maximum atomic E-state index is 13.4. The van der Waals surface area contributed by atoms with Crippen LogP contribution in [0.25, 0.3) is 10.9 Å². The largest absolute Gasteiger partial charge is 0.356 e. The summed E-state index contributed by atoms with van der Waals surface area (Å²) in [6.45, 7) is 7.37. The molecule has 1 amide bonds. The second-order valence-electron chi connectivity index (χ2n) is 7.26. The van der Waals surface area contributed by atoms with Gasteiger partial charge in [-0.05, 0) is 44.5 Å². The fraction of sp³-hybridized carbons (Fsp3) is 0.381. The van der Waals surface area contributed by atoms with Crippen molar-refractivity contribution in [3.05, 3.63) is 52.3 Å². The van der Waals surface area contributed by atoms with Gasteiger partial charge in [-0.25, -0.2) is 4.98 Å². The second kappa shape index (κ2) is 7.43. The summed E-state index contributed by atoms with van der Waals surface area (Å²) in [5.41, 5.74) is 3.57. The SMILES string of the molecule is CCn1ncc(CN(C)C(=O)c2cc(N3CCC3)nc3ccc(Cl)cc23)c1C. The highest BCUT2D eigenvalue weighted by atomic mass is 35.5. The van der Waals surface area contributed by atoms with Gasteiger partial charge in [0.15, 0.2) is 0 Å². The molecule has 2 aromatic heterocycles. The fourth-order valence-corrected chi connectivity index (χ4v) is 3.73. The van der Waals surface area contributed by atoms with Crippen LogP contribution in [0.15, 0.2) is 30.5 Å². The maximum absolute atomic E-state index is 13.4. The second-order valence-corrected chi connectivity index (χ2v) is 7.70. The van der Waals surface area contributed by atoms with Gasteiger partial charge >= 0.3 is 0 Å². The summed E-state index contributed by atoms with van der Waals surface area (Å²) in [6.07, 6.45) is 3.00. The Kier molecular flexibility index (Phi) is 4.98. The number of hydrogen-bond donors (Lipinski definition) is 0. The van der Waals surface area contributed by atoms with E-state index in [9.17, 15) is 4.79 Å². The zero-order chi connectivity index (χ0) is 19.8. The molecule has 0 N–H and O–H groups in total. The van der Waals surface area contributed by atoms with Crippen LogP contribution in [-0.4, -0.2) is 45.7 Å². The van der Waals surface area contributed by atoms with E-state index in [1.54, 1.807) is 4.90 Å². The molecule has 1 aromatic carbocycles. The molecule has 1 aliphatic rings. The molecule has 0 atom stereocenters. The van der Waals surface area contributed by atoms with E-state index in [2.05, 4.69) is 16.9 Å². The minimum atomic E-state index is -0.0416. The Morgan fingerprint density at radius 1 is 1.29 bits per heavy atom. The number of pyridine rings is 1. The molecule has 0 saturated carbocycles. The number of nitrogens with zero attached hydrogens (tertiary/aromatic N) is 5. The molecule has 1 aliphatic heterocycles. The van der Waals surface area contributed by atoms with E-state index in [0.717, 1.165) is 54.0 Å². The summed E-state index contributed by atoms with van der Waals surface area (Å²) in [5, 5.41) is 5.77. The normalized spacial score (nSPS) is 13.6. The smallest absolute Gasteiger partial charge is 0.254 e. The molecule has 1 saturated heterocycles. The number of fused-ring (bicyclic) bond motifs is 1. The lowest BCUT2D eigenvalue weighted by Gasteiger charge is -2.32. The summed E-state index contributed by atoms with van der Waals surface area (Å²) < 4.78 is 1.94. The van der Waals surface area contributed by atoms with E-state index in [4.69, 9.17) is 16.6 Å². The van der Waals surface area contributed by atoms with E-state index >= 15 is 0 Å². The summed E-state index contributed by atoms with van der Waals surface area (Å²) in [4.78, 5) is 22.0. The van der Waals surface area contributed by atoms with Crippen molar-refractivity contribution < 1.29 is 4.79 Å². The third kappa shape index (κ3) is 3.33. The summed E-state index contributed by atoms with van der Waals surface area (Å²) in [6, 6.07) is 7.43. The summed E-state index contributed by atoms with van der Waals surface area (Å²) >= 11 is 6.21. The first-order chi connectivity index (χ1) is 13.5. The highest BCUT2D eigenvalue weighted by molar-refractivity contribution is 6.31. The number of amides is 1. The van der Waals surface area contributed by atoms with Gasteiger partial charge in [0.2, 0.25) is 0 Å². The average Bonchev–Trinajstić information content (AvgIpc) is 2.99. The van der Waals surface area contributed by atoms with Gasteiger partial charge in [0, 0.05) is 54.9 Å². The lowest BCUT2D eigenvalue weighted by molar-refractivity contribution is 0.0787. The van der Waals surface area contributed by atoms with E-state index in [-0.39, 0.29) is 5.91 Å². The van der Waals surface area contributed by atoms with Crippen molar-refractivity contribution in [2.24, 2.45) is 0 Å². The van der Waals surface area contributed by atoms with Crippen LogP contribution >= 0.6 is 11.6 Å². The van der Waals surface area contributed by atoms with Crippen molar-refractivity contribution in [3.8, 4) is 0 Å². The topological polar surface area (TPSA) is 54.3 Å². The molecule has 0 radical (unpaired) electrons. The Morgan fingerprint density at radius 2 is 2.07 bits per heavy atom. The molecular formula is C21H24ClN5O. The molecule has 6 nitrogen and oxygen atoms in total. The molecule has 4 rings (SSSR count). The Balaban J connectivity index is 1.70. The molecule has 3 heterocycles. The van der Waals surface area contributed by atoms with E-state index in [0.29, 0.717) is 17.1 Å². The van der Waals surface area contributed by atoms with Crippen molar-refractivity contribution in [3.63, 3.8) is 0 Å². The first kappa shape index (κ1) is 18.7. The van der Waals surface area contributed by atoms with Crippen LogP contribution in [-0.2, 0) is 13.1 Å². The van der Waals surface area contributed by atoms with Crippen LogP contribution in [0.2, 0.25) is 5.02 Å². The van der Waals surface area contributed by atoms with Crippen LogP contribution in [0.1, 0.15) is 35.0 Å². The molecule has 146 valence electrons. The van der Waals surface area contributed by atoms with Crippen LogP contribution in [0.4, 0.5) is 5.82 Å². The molecular weight excluding hydrogens is 374 g/mol. The lowest BCUT2D eigenvalue weighted by atomic mass is 10.1. The van der Waals surface area contributed by atoms with Gasteiger partial charge in [-0.3, -0.25) is 9.48 Å². The Hall–Kier alpha value is -2.60. The predicted molar refractivity (Wildman–Crippen MR) is 112 cm³/mol. The molecule has 28 heavy (non-hydrogen) atoms. The Morgan fingerprint density at radius 3 is 2.71 bits per heavy atom. The standard InChI is InChI=1S/C21H24ClN5O/c1-4-27-14(2)15(12-23-27)13-25(3)21(28)18-11-20(26-8-5-9-26)24-19-7-6-16(22)10-17(18)19/h6-7,10-12H,4-5,8-9,13H2,1-3H3. The highest BCUT2D eigenvalue weighted by Crippen LogP contribution is 2.29. The first-order valence-electron chi connectivity index (χ1n) is 9.60. The van der Waals surface area contributed by atoms with Crippen LogP contribution < -0.4 is 4.90 Å². The van der Waals surface area contributed by atoms with Crippen molar-refractivity contribution in [1.29, 1.82) is 0 Å². The number of benzene rings is 1. The van der Waals surface area contributed by atoms with E-state index in [1.807, 2.05) is 49.1 Å². The quantitative estimate of drug-likeness (QED) is 0.655. The number of carbonyl (C=O) groups is 1. The van der Waals surface area contributed by atoms with Crippen molar-refractivity contribution in [1.82, 2.24) is 19.7 Å². The zero-order valence-corrected chi connectivity index (χ0v) is 17.2. The third-order valence-corrected chi connectivity index (χ3v) is 5.66. The van der Waals surface area contributed by atoms with E-state index < -0.39 is 0 Å². The first-order valence-corrected chi connectivity index (χ1v) is 9.97. The predicted octanol–water partition coefficient (Wildman–Crippen LogP) is 3.90. The van der Waals surface area contributed by atoms with Crippen LogP contribution in [0.5, 0.6) is 0 Å². The Bertz CT molecular complexity index is 1040. The van der Waals surface area contributed by atoms with Crippen molar-refractivity contribution >= 4 is 34.2 Å². The number of rotatable bonds is 5. The number of aromatic nitrogens is 3. The molecule has 1 fully saturated rings. The van der Waals surface area contributed by atoms with Crippen LogP contribution in [0.3, 0.4) is 0 Å². The average molecular weight is 398 g/mol. The number of anilines is 1. The minimum absolute atomic E-state index is 0.0416. The van der Waals surface area contributed by atoms with Gasteiger partial charge in [-0.1, -0.05) is 11.6 Å². The number of carbonyl (C=O) groups excluding carboxylic acids is 1. The monoisotopic (exact) mass is 397 g/mol. The highest BCUT2D eigenvalue weighted by Gasteiger charge is 2.22. The lowest BCUT2D eigenvalue weighted by Crippen LogP contribution is -2.38. The van der Waals surface area contributed by atoms with Gasteiger partial charge < -0.3 is 9.80 Å². The van der Waals surface area contributed by atoms with E-state index in [1.165, 1.54) is 0 Å². The minimum Gasteiger partial charge on any atom is -0.356 e. The maximum Gasteiger partial charge on any atom is 0.254 e. The van der Waals surface area contributed by atoms with Gasteiger partial charge in [0.1, 0.15) is 5.82 Å². The Labute approximate surface area is 169 Å². The molecule has 3 aromatic rings. The molecule has 0 bridgehead atoms. The van der Waals surface area contributed by atoms with Crippen LogP contribution in [0, 0.1) is 6.92 Å². The summed E-state index contributed by atoms with van der Waals surface area (Å²) in [7, 11) is 1.82. The number of halogens is 1. The third-order valence-electron chi connectivity index (χ3n) is 5.43. The number of aryl methyl sites for hydroxylation is 1.